The van der Waals surface area contributed by atoms with Crippen molar-refractivity contribution in [3.8, 4) is 5.75 Å². The Morgan fingerprint density at radius 1 is 0.970 bits per heavy atom. The predicted molar refractivity (Wildman–Crippen MR) is 122 cm³/mol. The van der Waals surface area contributed by atoms with Crippen molar-refractivity contribution >= 4 is 0 Å². The van der Waals surface area contributed by atoms with Crippen LogP contribution < -0.4 is 4.74 Å². The summed E-state index contributed by atoms with van der Waals surface area (Å²) in [6, 6.07) is 13.2. The standard InChI is InChI=1S/C26H34O7/c1-16-7-10-19(26(31)25(30)24(29)23(28)22(15-27)33-26)14-18(16)13-17-8-11-21(12-9-17)32-20-5-3-2-4-6-20/h7-12,14,20,22-25,27-31H,2-6,13,15H2,1H3/t22-,23-,24+,25-,26-/m1/s1. The molecule has 5 atom stereocenters. The van der Waals surface area contributed by atoms with E-state index in [2.05, 4.69) is 0 Å². The molecular weight excluding hydrogens is 424 g/mol. The molecular formula is C26H34O7. The molecule has 1 aliphatic carbocycles. The van der Waals surface area contributed by atoms with Crippen molar-refractivity contribution < 1.29 is 35.0 Å². The van der Waals surface area contributed by atoms with E-state index in [-0.39, 0.29) is 5.56 Å². The van der Waals surface area contributed by atoms with Crippen LogP contribution in [0.25, 0.3) is 0 Å². The summed E-state index contributed by atoms with van der Waals surface area (Å²) in [6.45, 7) is 1.35. The lowest BCUT2D eigenvalue weighted by atomic mass is 9.86. The Morgan fingerprint density at radius 3 is 2.33 bits per heavy atom. The zero-order valence-corrected chi connectivity index (χ0v) is 18.9. The zero-order valence-electron chi connectivity index (χ0n) is 18.9. The van der Waals surface area contributed by atoms with Gasteiger partial charge in [0, 0.05) is 5.56 Å². The number of aliphatic hydroxyl groups excluding tert-OH is 4. The number of aryl methyl sites for hydroxylation is 1. The molecule has 1 saturated carbocycles. The van der Waals surface area contributed by atoms with E-state index in [0.29, 0.717) is 12.5 Å². The van der Waals surface area contributed by atoms with Crippen molar-refractivity contribution in [2.75, 3.05) is 6.61 Å². The number of hydrogen-bond acceptors (Lipinski definition) is 7. The third-order valence-corrected chi connectivity index (χ3v) is 6.90. The number of hydrogen-bond donors (Lipinski definition) is 5. The van der Waals surface area contributed by atoms with E-state index in [9.17, 15) is 25.5 Å². The van der Waals surface area contributed by atoms with E-state index in [1.807, 2.05) is 37.3 Å². The molecule has 0 bridgehead atoms. The van der Waals surface area contributed by atoms with Gasteiger partial charge in [0.25, 0.3) is 0 Å². The van der Waals surface area contributed by atoms with Crippen LogP contribution in [0.15, 0.2) is 42.5 Å². The van der Waals surface area contributed by atoms with E-state index in [0.717, 1.165) is 35.3 Å². The van der Waals surface area contributed by atoms with E-state index in [1.54, 1.807) is 12.1 Å². The van der Waals surface area contributed by atoms with Crippen molar-refractivity contribution in [1.82, 2.24) is 0 Å². The van der Waals surface area contributed by atoms with Crippen LogP contribution in [-0.4, -0.2) is 62.7 Å². The highest BCUT2D eigenvalue weighted by atomic mass is 16.7. The predicted octanol–water partition coefficient (Wildman–Crippen LogP) is 1.92. The van der Waals surface area contributed by atoms with Crippen LogP contribution in [0.5, 0.6) is 5.75 Å². The summed E-state index contributed by atoms with van der Waals surface area (Å²) in [6.07, 6.45) is 0.641. The van der Waals surface area contributed by atoms with Gasteiger partial charge in [0.05, 0.1) is 12.7 Å². The fourth-order valence-electron chi connectivity index (χ4n) is 4.76. The lowest BCUT2D eigenvalue weighted by molar-refractivity contribution is -0.357. The van der Waals surface area contributed by atoms with Crippen molar-refractivity contribution in [2.45, 2.75) is 81.8 Å². The van der Waals surface area contributed by atoms with Gasteiger partial charge in [-0.25, -0.2) is 0 Å². The summed E-state index contributed by atoms with van der Waals surface area (Å²) in [5.74, 6) is -1.39. The Labute approximate surface area is 194 Å². The molecule has 1 heterocycles. The quantitative estimate of drug-likeness (QED) is 0.449. The van der Waals surface area contributed by atoms with Gasteiger partial charge in [-0.3, -0.25) is 0 Å². The maximum atomic E-state index is 11.1. The van der Waals surface area contributed by atoms with Gasteiger partial charge < -0.3 is 35.0 Å². The minimum absolute atomic E-state index is 0.247. The Kier molecular flexibility index (Phi) is 7.38. The molecule has 1 saturated heterocycles. The van der Waals surface area contributed by atoms with Crippen LogP contribution in [0, 0.1) is 6.92 Å². The van der Waals surface area contributed by atoms with Crippen LogP contribution in [0.4, 0.5) is 0 Å². The first-order valence-electron chi connectivity index (χ1n) is 11.7. The molecule has 2 aromatic rings. The van der Waals surface area contributed by atoms with E-state index < -0.39 is 36.8 Å². The average Bonchev–Trinajstić information content (AvgIpc) is 2.83. The lowest BCUT2D eigenvalue weighted by Gasteiger charge is -2.45. The van der Waals surface area contributed by atoms with Crippen LogP contribution in [0.2, 0.25) is 0 Å². The largest absolute Gasteiger partial charge is 0.490 e. The Morgan fingerprint density at radius 2 is 1.67 bits per heavy atom. The molecule has 33 heavy (non-hydrogen) atoms. The van der Waals surface area contributed by atoms with Crippen LogP contribution in [0.3, 0.4) is 0 Å². The van der Waals surface area contributed by atoms with Gasteiger partial charge in [0.1, 0.15) is 30.2 Å². The minimum Gasteiger partial charge on any atom is -0.490 e. The molecule has 2 aliphatic rings. The third-order valence-electron chi connectivity index (χ3n) is 6.90. The third kappa shape index (κ3) is 5.09. The molecule has 7 heteroatoms. The minimum atomic E-state index is -2.26. The summed E-state index contributed by atoms with van der Waals surface area (Å²) < 4.78 is 11.6. The first-order valence-corrected chi connectivity index (χ1v) is 11.7. The van der Waals surface area contributed by atoms with Crippen molar-refractivity contribution in [3.63, 3.8) is 0 Å². The monoisotopic (exact) mass is 458 g/mol. The summed E-state index contributed by atoms with van der Waals surface area (Å²) in [5.41, 5.74) is 3.22. The Bertz CT molecular complexity index is 923. The van der Waals surface area contributed by atoms with E-state index in [4.69, 9.17) is 9.47 Å². The molecule has 4 rings (SSSR count). The van der Waals surface area contributed by atoms with E-state index >= 15 is 0 Å². The van der Waals surface area contributed by atoms with Gasteiger partial charge >= 0.3 is 0 Å². The van der Waals surface area contributed by atoms with Crippen LogP contribution >= 0.6 is 0 Å². The molecule has 0 unspecified atom stereocenters. The molecule has 2 fully saturated rings. The Balaban J connectivity index is 1.51. The fourth-order valence-corrected chi connectivity index (χ4v) is 4.76. The highest BCUT2D eigenvalue weighted by molar-refractivity contribution is 5.39. The van der Waals surface area contributed by atoms with Gasteiger partial charge in [-0.05, 0) is 73.9 Å². The average molecular weight is 459 g/mol. The maximum absolute atomic E-state index is 11.1. The molecule has 0 radical (unpaired) electrons. The molecule has 0 spiro atoms. The fraction of sp³-hybridized carbons (Fsp3) is 0.538. The summed E-state index contributed by atoms with van der Waals surface area (Å²) in [4.78, 5) is 0. The molecule has 1 aliphatic heterocycles. The topological polar surface area (TPSA) is 120 Å². The number of aliphatic hydroxyl groups is 5. The van der Waals surface area contributed by atoms with Crippen LogP contribution in [-0.2, 0) is 16.9 Å². The SMILES string of the molecule is Cc1ccc([C@@]2(O)O[C@H](CO)[C@@H](O)[C@H](O)[C@H]2O)cc1Cc1ccc(OC2CCCCC2)cc1. The number of rotatable bonds is 6. The van der Waals surface area contributed by atoms with Crippen molar-refractivity contribution in [3.05, 3.63) is 64.7 Å². The molecule has 5 N–H and O–H groups in total. The Hall–Kier alpha value is -2.00. The first kappa shape index (κ1) is 24.1. The molecule has 180 valence electrons. The molecule has 0 amide bonds. The van der Waals surface area contributed by atoms with Gasteiger partial charge in [-0.1, -0.05) is 30.7 Å². The second-order valence-electron chi connectivity index (χ2n) is 9.30. The normalized spacial score (nSPS) is 30.8. The van der Waals surface area contributed by atoms with Crippen LogP contribution in [0.1, 0.15) is 54.4 Å². The van der Waals surface area contributed by atoms with Crippen molar-refractivity contribution in [2.24, 2.45) is 0 Å². The highest BCUT2D eigenvalue weighted by Crippen LogP contribution is 2.37. The van der Waals surface area contributed by atoms with E-state index in [1.165, 1.54) is 19.3 Å². The second kappa shape index (κ2) is 10.1. The first-order chi connectivity index (χ1) is 15.8. The van der Waals surface area contributed by atoms with Crippen molar-refractivity contribution in [1.29, 1.82) is 0 Å². The van der Waals surface area contributed by atoms with Gasteiger partial charge in [0.2, 0.25) is 5.79 Å². The summed E-state index contributed by atoms with van der Waals surface area (Å²) >= 11 is 0. The number of benzene rings is 2. The zero-order chi connectivity index (χ0) is 23.6. The molecule has 0 aromatic heterocycles. The van der Waals surface area contributed by atoms with Gasteiger partial charge in [0.15, 0.2) is 0 Å². The number of ether oxygens (including phenoxy) is 2. The summed E-state index contributed by atoms with van der Waals surface area (Å²) in [5, 5.41) is 51.2. The van der Waals surface area contributed by atoms with Gasteiger partial charge in [-0.2, -0.15) is 0 Å². The summed E-state index contributed by atoms with van der Waals surface area (Å²) in [7, 11) is 0. The molecule has 2 aromatic carbocycles. The smallest absolute Gasteiger partial charge is 0.222 e. The maximum Gasteiger partial charge on any atom is 0.222 e. The highest BCUT2D eigenvalue weighted by Gasteiger charge is 2.53. The van der Waals surface area contributed by atoms with Gasteiger partial charge in [-0.15, -0.1) is 0 Å². The second-order valence-corrected chi connectivity index (χ2v) is 9.30. The molecule has 7 nitrogen and oxygen atoms in total. The lowest BCUT2D eigenvalue weighted by Crippen LogP contribution is -2.63.